The molecule has 0 aliphatic rings. The Morgan fingerprint density at radius 2 is 1.65 bits per heavy atom. The van der Waals surface area contributed by atoms with E-state index in [1.165, 1.54) is 29.5 Å². The predicted molar refractivity (Wildman–Crippen MR) is 114 cm³/mol. The summed E-state index contributed by atoms with van der Waals surface area (Å²) in [7, 11) is 4.32. The zero-order valence-corrected chi connectivity index (χ0v) is 17.5. The molecule has 0 spiro atoms. The van der Waals surface area contributed by atoms with Gasteiger partial charge in [-0.05, 0) is 49.7 Å². The van der Waals surface area contributed by atoms with E-state index >= 15 is 0 Å². The molecule has 0 fully saturated rings. The minimum Gasteiger partial charge on any atom is -0.308 e. The third kappa shape index (κ3) is 6.42. The highest BCUT2D eigenvalue weighted by Crippen LogP contribution is 2.22. The molecule has 2 aromatic carbocycles. The molecule has 2 aromatic rings. The Balaban J connectivity index is 2.27. The molecule has 0 radical (unpaired) electrons. The monoisotopic (exact) mass is 372 g/mol. The molecule has 0 saturated carbocycles. The molecule has 0 saturated heterocycles. The van der Waals surface area contributed by atoms with Gasteiger partial charge in [0.15, 0.2) is 0 Å². The van der Waals surface area contributed by atoms with E-state index in [0.29, 0.717) is 6.04 Å². The van der Waals surface area contributed by atoms with Crippen LogP contribution >= 0.6 is 11.6 Å². The average Bonchev–Trinajstić information content (AvgIpc) is 2.62. The van der Waals surface area contributed by atoms with Crippen LogP contribution in [0.5, 0.6) is 0 Å². The lowest BCUT2D eigenvalue weighted by Crippen LogP contribution is -2.41. The van der Waals surface area contributed by atoms with Crippen LogP contribution in [-0.4, -0.2) is 36.5 Å². The topological polar surface area (TPSA) is 6.48 Å². The van der Waals surface area contributed by atoms with Crippen molar-refractivity contribution in [3.8, 4) is 0 Å². The SMILES string of the molecule is CCC[C@@H](CN(C)C)N(Cc1cccc(CC)c1)Cc1ccccc1Cl. The van der Waals surface area contributed by atoms with Gasteiger partial charge in [0.1, 0.15) is 0 Å². The van der Waals surface area contributed by atoms with Gasteiger partial charge in [-0.1, -0.05) is 74.3 Å². The van der Waals surface area contributed by atoms with Crippen LogP contribution < -0.4 is 0 Å². The van der Waals surface area contributed by atoms with Crippen LogP contribution in [0.2, 0.25) is 5.02 Å². The Hall–Kier alpha value is -1.35. The summed E-state index contributed by atoms with van der Waals surface area (Å²) in [6.45, 7) is 7.39. The Kier molecular flexibility index (Phi) is 8.64. The first-order chi connectivity index (χ1) is 12.5. The molecule has 2 rings (SSSR count). The summed E-state index contributed by atoms with van der Waals surface area (Å²) >= 11 is 6.47. The van der Waals surface area contributed by atoms with Gasteiger partial charge in [-0.25, -0.2) is 0 Å². The fourth-order valence-electron chi connectivity index (χ4n) is 3.49. The van der Waals surface area contributed by atoms with Gasteiger partial charge in [-0.3, -0.25) is 4.90 Å². The molecular formula is C23H33ClN2. The summed E-state index contributed by atoms with van der Waals surface area (Å²) < 4.78 is 0. The average molecular weight is 373 g/mol. The first-order valence-corrected chi connectivity index (χ1v) is 10.1. The van der Waals surface area contributed by atoms with Crippen molar-refractivity contribution >= 4 is 11.6 Å². The van der Waals surface area contributed by atoms with Gasteiger partial charge in [0, 0.05) is 30.7 Å². The third-order valence-corrected chi connectivity index (χ3v) is 5.20. The summed E-state index contributed by atoms with van der Waals surface area (Å²) in [6.07, 6.45) is 3.46. The second kappa shape index (κ2) is 10.7. The minimum absolute atomic E-state index is 0.511. The minimum atomic E-state index is 0.511. The molecule has 0 amide bonds. The van der Waals surface area contributed by atoms with Gasteiger partial charge < -0.3 is 4.90 Å². The number of halogens is 1. The standard InChI is InChI=1S/C23H33ClN2/c1-5-10-22(18-25(3)4)26(17-21-13-7-8-14-23(21)24)16-20-12-9-11-19(6-2)15-20/h7-9,11-15,22H,5-6,10,16-18H2,1-4H3/t22-/m0/s1. The molecule has 142 valence electrons. The molecule has 0 heterocycles. The van der Waals surface area contributed by atoms with Crippen LogP contribution in [0, 0.1) is 0 Å². The van der Waals surface area contributed by atoms with Crippen LogP contribution in [0.15, 0.2) is 48.5 Å². The molecule has 1 atom stereocenters. The summed E-state index contributed by atoms with van der Waals surface area (Å²) in [5.41, 5.74) is 4.00. The normalized spacial score (nSPS) is 12.7. The van der Waals surface area contributed by atoms with Gasteiger partial charge in [-0.15, -0.1) is 0 Å². The van der Waals surface area contributed by atoms with E-state index in [9.17, 15) is 0 Å². The molecule has 0 aromatic heterocycles. The van der Waals surface area contributed by atoms with Crippen LogP contribution in [-0.2, 0) is 19.5 Å². The maximum atomic E-state index is 6.47. The summed E-state index contributed by atoms with van der Waals surface area (Å²) in [4.78, 5) is 4.89. The quantitative estimate of drug-likeness (QED) is 0.532. The molecule has 26 heavy (non-hydrogen) atoms. The van der Waals surface area contributed by atoms with Crippen molar-refractivity contribution in [3.63, 3.8) is 0 Å². The zero-order valence-electron chi connectivity index (χ0n) is 16.7. The Morgan fingerprint density at radius 3 is 2.31 bits per heavy atom. The van der Waals surface area contributed by atoms with Gasteiger partial charge in [0.05, 0.1) is 0 Å². The third-order valence-electron chi connectivity index (χ3n) is 4.83. The zero-order chi connectivity index (χ0) is 18.9. The van der Waals surface area contributed by atoms with Crippen molar-refractivity contribution in [2.75, 3.05) is 20.6 Å². The highest BCUT2D eigenvalue weighted by atomic mass is 35.5. The first kappa shape index (κ1) is 21.0. The number of aryl methyl sites for hydroxylation is 1. The molecular weight excluding hydrogens is 340 g/mol. The number of hydrogen-bond donors (Lipinski definition) is 0. The van der Waals surface area contributed by atoms with Gasteiger partial charge in [0.25, 0.3) is 0 Å². The number of likely N-dealkylation sites (N-methyl/N-ethyl adjacent to an activating group) is 1. The Bertz CT molecular complexity index is 669. The maximum absolute atomic E-state index is 6.47. The summed E-state index contributed by atoms with van der Waals surface area (Å²) in [6, 6.07) is 17.7. The van der Waals surface area contributed by atoms with E-state index < -0.39 is 0 Å². The summed E-state index contributed by atoms with van der Waals surface area (Å²) in [5, 5.41) is 0.861. The second-order valence-corrected chi connectivity index (χ2v) is 7.78. The summed E-state index contributed by atoms with van der Waals surface area (Å²) in [5.74, 6) is 0. The van der Waals surface area contributed by atoms with Crippen molar-refractivity contribution in [2.45, 2.75) is 52.2 Å². The van der Waals surface area contributed by atoms with E-state index in [0.717, 1.165) is 31.1 Å². The fourth-order valence-corrected chi connectivity index (χ4v) is 3.68. The number of hydrogen-bond acceptors (Lipinski definition) is 2. The van der Waals surface area contributed by atoms with Crippen molar-refractivity contribution in [2.24, 2.45) is 0 Å². The Morgan fingerprint density at radius 1 is 0.923 bits per heavy atom. The lowest BCUT2D eigenvalue weighted by molar-refractivity contribution is 0.137. The lowest BCUT2D eigenvalue weighted by atomic mass is 10.0. The predicted octanol–water partition coefficient (Wildman–Crippen LogP) is 5.63. The van der Waals surface area contributed by atoms with Gasteiger partial charge in [-0.2, -0.15) is 0 Å². The second-order valence-electron chi connectivity index (χ2n) is 7.37. The van der Waals surface area contributed by atoms with E-state index in [4.69, 9.17) is 11.6 Å². The van der Waals surface area contributed by atoms with Crippen molar-refractivity contribution in [1.29, 1.82) is 0 Å². The van der Waals surface area contributed by atoms with Crippen molar-refractivity contribution < 1.29 is 0 Å². The fraction of sp³-hybridized carbons (Fsp3) is 0.478. The molecule has 0 aliphatic carbocycles. The lowest BCUT2D eigenvalue weighted by Gasteiger charge is -2.34. The maximum Gasteiger partial charge on any atom is 0.0451 e. The van der Waals surface area contributed by atoms with Gasteiger partial charge >= 0.3 is 0 Å². The number of nitrogens with zero attached hydrogens (tertiary/aromatic N) is 2. The molecule has 0 bridgehead atoms. The molecule has 0 unspecified atom stereocenters. The molecule has 0 aliphatic heterocycles. The molecule has 2 nitrogen and oxygen atoms in total. The van der Waals surface area contributed by atoms with Crippen LogP contribution in [0.3, 0.4) is 0 Å². The highest BCUT2D eigenvalue weighted by molar-refractivity contribution is 6.31. The largest absolute Gasteiger partial charge is 0.308 e. The van der Waals surface area contributed by atoms with E-state index in [1.807, 2.05) is 12.1 Å². The van der Waals surface area contributed by atoms with Crippen LogP contribution in [0.4, 0.5) is 0 Å². The van der Waals surface area contributed by atoms with E-state index in [1.54, 1.807) is 0 Å². The number of rotatable bonds is 10. The van der Waals surface area contributed by atoms with Crippen molar-refractivity contribution in [1.82, 2.24) is 9.80 Å². The Labute approximate surface area is 164 Å². The molecule has 3 heteroatoms. The van der Waals surface area contributed by atoms with E-state index in [-0.39, 0.29) is 0 Å². The molecule has 0 N–H and O–H groups in total. The van der Waals surface area contributed by atoms with Crippen LogP contribution in [0.1, 0.15) is 43.4 Å². The van der Waals surface area contributed by atoms with Crippen LogP contribution in [0.25, 0.3) is 0 Å². The highest BCUT2D eigenvalue weighted by Gasteiger charge is 2.20. The smallest absolute Gasteiger partial charge is 0.0451 e. The van der Waals surface area contributed by atoms with Gasteiger partial charge in [0.2, 0.25) is 0 Å². The number of benzene rings is 2. The van der Waals surface area contributed by atoms with Crippen molar-refractivity contribution in [3.05, 3.63) is 70.2 Å². The first-order valence-electron chi connectivity index (χ1n) is 9.73. The van der Waals surface area contributed by atoms with E-state index in [2.05, 4.69) is 74.1 Å².